The highest BCUT2D eigenvalue weighted by molar-refractivity contribution is 6.33. The molecule has 0 atom stereocenters. The van der Waals surface area contributed by atoms with Gasteiger partial charge in [-0.1, -0.05) is 11.6 Å². The number of anilines is 3. The molecule has 2 aromatic rings. The van der Waals surface area contributed by atoms with Gasteiger partial charge in [0.15, 0.2) is 0 Å². The van der Waals surface area contributed by atoms with Crippen molar-refractivity contribution < 1.29 is 14.3 Å². The summed E-state index contributed by atoms with van der Waals surface area (Å²) in [6, 6.07) is 11.1. The fourth-order valence-corrected chi connectivity index (χ4v) is 3.39. The van der Waals surface area contributed by atoms with Crippen LogP contribution in [0.2, 0.25) is 5.02 Å². The van der Waals surface area contributed by atoms with E-state index in [0.717, 1.165) is 29.1 Å². The van der Waals surface area contributed by atoms with E-state index in [9.17, 15) is 9.59 Å². The van der Waals surface area contributed by atoms with Gasteiger partial charge in [-0.15, -0.1) is 0 Å². The molecular weight excluding hydrogens is 378 g/mol. The Hall–Kier alpha value is -2.73. The van der Waals surface area contributed by atoms with Gasteiger partial charge < -0.3 is 20.3 Å². The molecule has 28 heavy (non-hydrogen) atoms. The average molecular weight is 402 g/mol. The summed E-state index contributed by atoms with van der Waals surface area (Å²) in [7, 11) is 3.83. The molecular formula is C21H24ClN3O3. The van der Waals surface area contributed by atoms with Crippen molar-refractivity contribution in [3.63, 3.8) is 0 Å². The van der Waals surface area contributed by atoms with Crippen LogP contribution in [0.3, 0.4) is 0 Å². The van der Waals surface area contributed by atoms with E-state index < -0.39 is 0 Å². The number of nitrogens with zero attached hydrogens (tertiary/aromatic N) is 1. The molecule has 1 aliphatic rings. The number of halogens is 1. The molecule has 1 aliphatic heterocycles. The van der Waals surface area contributed by atoms with Crippen LogP contribution in [0.1, 0.15) is 24.8 Å². The molecule has 0 saturated heterocycles. The van der Waals surface area contributed by atoms with Crippen LogP contribution in [0.15, 0.2) is 36.4 Å². The Kier molecular flexibility index (Phi) is 6.41. The summed E-state index contributed by atoms with van der Waals surface area (Å²) >= 11 is 6.22. The first-order chi connectivity index (χ1) is 13.4. The molecule has 0 fully saturated rings. The Morgan fingerprint density at radius 3 is 2.79 bits per heavy atom. The van der Waals surface area contributed by atoms with Gasteiger partial charge in [0, 0.05) is 38.3 Å². The van der Waals surface area contributed by atoms with Crippen molar-refractivity contribution in [2.45, 2.75) is 25.7 Å². The second-order valence-corrected chi connectivity index (χ2v) is 7.34. The van der Waals surface area contributed by atoms with Gasteiger partial charge in [0.05, 0.1) is 17.3 Å². The quantitative estimate of drug-likeness (QED) is 0.685. The fraction of sp³-hybridized carbons (Fsp3) is 0.333. The van der Waals surface area contributed by atoms with E-state index in [1.54, 1.807) is 6.07 Å². The highest BCUT2D eigenvalue weighted by atomic mass is 35.5. The van der Waals surface area contributed by atoms with E-state index in [1.807, 2.05) is 49.3 Å². The van der Waals surface area contributed by atoms with Crippen LogP contribution in [0, 0.1) is 0 Å². The minimum Gasteiger partial charge on any atom is -0.494 e. The van der Waals surface area contributed by atoms with Crippen LogP contribution in [0.4, 0.5) is 17.1 Å². The zero-order chi connectivity index (χ0) is 20.1. The third kappa shape index (κ3) is 5.16. The Balaban J connectivity index is 1.43. The molecule has 0 spiro atoms. The lowest BCUT2D eigenvalue weighted by atomic mass is 10.0. The molecule has 2 aromatic carbocycles. The first-order valence-corrected chi connectivity index (χ1v) is 9.62. The van der Waals surface area contributed by atoms with Gasteiger partial charge in [-0.3, -0.25) is 9.59 Å². The zero-order valence-corrected chi connectivity index (χ0v) is 16.8. The predicted octanol–water partition coefficient (Wildman–Crippen LogP) is 4.09. The van der Waals surface area contributed by atoms with Crippen molar-refractivity contribution in [2.75, 3.05) is 36.2 Å². The second kappa shape index (κ2) is 8.97. The first-order valence-electron chi connectivity index (χ1n) is 9.24. The minimum atomic E-state index is -0.0783. The zero-order valence-electron chi connectivity index (χ0n) is 16.0. The molecule has 0 saturated carbocycles. The number of hydrogen-bond donors (Lipinski definition) is 2. The number of rotatable bonds is 7. The van der Waals surface area contributed by atoms with Crippen molar-refractivity contribution in [1.82, 2.24) is 0 Å². The lowest BCUT2D eigenvalue weighted by Crippen LogP contribution is -2.18. The van der Waals surface area contributed by atoms with Crippen LogP contribution < -0.4 is 20.3 Å². The normalized spacial score (nSPS) is 12.8. The molecule has 2 N–H and O–H groups in total. The average Bonchev–Trinajstić information content (AvgIpc) is 2.65. The van der Waals surface area contributed by atoms with Crippen LogP contribution >= 0.6 is 11.6 Å². The number of aryl methyl sites for hydroxylation is 1. The van der Waals surface area contributed by atoms with E-state index in [4.69, 9.17) is 16.3 Å². The van der Waals surface area contributed by atoms with Gasteiger partial charge in [-0.2, -0.15) is 0 Å². The minimum absolute atomic E-state index is 0.0461. The monoisotopic (exact) mass is 401 g/mol. The van der Waals surface area contributed by atoms with Crippen LogP contribution in [0.25, 0.3) is 0 Å². The van der Waals surface area contributed by atoms with Gasteiger partial charge in [0.1, 0.15) is 5.75 Å². The largest absolute Gasteiger partial charge is 0.494 e. The van der Waals surface area contributed by atoms with E-state index >= 15 is 0 Å². The third-order valence-electron chi connectivity index (χ3n) is 4.50. The topological polar surface area (TPSA) is 70.7 Å². The third-order valence-corrected chi connectivity index (χ3v) is 4.81. The fourth-order valence-electron chi connectivity index (χ4n) is 3.04. The number of fused-ring (bicyclic) bond motifs is 1. The van der Waals surface area contributed by atoms with Crippen molar-refractivity contribution in [3.8, 4) is 5.75 Å². The number of ether oxygens (including phenoxy) is 1. The highest BCUT2D eigenvalue weighted by Gasteiger charge is 2.15. The molecule has 7 heteroatoms. The molecule has 6 nitrogen and oxygen atoms in total. The smallest absolute Gasteiger partial charge is 0.224 e. The number of hydrogen-bond acceptors (Lipinski definition) is 4. The van der Waals surface area contributed by atoms with Crippen LogP contribution in [0.5, 0.6) is 5.75 Å². The van der Waals surface area contributed by atoms with E-state index in [1.165, 1.54) is 0 Å². The maximum Gasteiger partial charge on any atom is 0.224 e. The van der Waals surface area contributed by atoms with Gasteiger partial charge in [-0.05, 0) is 54.8 Å². The summed E-state index contributed by atoms with van der Waals surface area (Å²) in [6.45, 7) is 0.443. The van der Waals surface area contributed by atoms with E-state index in [2.05, 4.69) is 10.6 Å². The molecule has 3 rings (SSSR count). The number of carbonyl (C=O) groups is 2. The van der Waals surface area contributed by atoms with Crippen molar-refractivity contribution >= 4 is 40.5 Å². The number of carbonyl (C=O) groups excluding carboxylic acids is 2. The molecule has 0 unspecified atom stereocenters. The first kappa shape index (κ1) is 20.0. The van der Waals surface area contributed by atoms with Gasteiger partial charge >= 0.3 is 0 Å². The SMILES string of the molecule is CN(C)c1ccc(NC(=O)CCCOc2ccc3c(c2)CCC(=O)N3)cc1Cl. The lowest BCUT2D eigenvalue weighted by Gasteiger charge is -2.17. The summed E-state index contributed by atoms with van der Waals surface area (Å²) in [5.74, 6) is 0.719. The maximum atomic E-state index is 12.1. The summed E-state index contributed by atoms with van der Waals surface area (Å²) in [5.41, 5.74) is 3.51. The van der Waals surface area contributed by atoms with Crippen LogP contribution in [-0.4, -0.2) is 32.5 Å². The van der Waals surface area contributed by atoms with Crippen molar-refractivity contribution in [3.05, 3.63) is 47.0 Å². The highest BCUT2D eigenvalue weighted by Crippen LogP contribution is 2.28. The van der Waals surface area contributed by atoms with E-state index in [-0.39, 0.29) is 11.8 Å². The molecule has 0 bridgehead atoms. The molecule has 0 aliphatic carbocycles. The summed E-state index contributed by atoms with van der Waals surface area (Å²) < 4.78 is 5.74. The number of amides is 2. The lowest BCUT2D eigenvalue weighted by molar-refractivity contribution is -0.117. The Bertz CT molecular complexity index is 883. The second-order valence-electron chi connectivity index (χ2n) is 6.93. The van der Waals surface area contributed by atoms with Gasteiger partial charge in [-0.25, -0.2) is 0 Å². The van der Waals surface area contributed by atoms with E-state index in [0.29, 0.717) is 36.6 Å². The predicted molar refractivity (Wildman–Crippen MR) is 113 cm³/mol. The van der Waals surface area contributed by atoms with Crippen molar-refractivity contribution in [1.29, 1.82) is 0 Å². The molecule has 148 valence electrons. The van der Waals surface area contributed by atoms with Crippen LogP contribution in [-0.2, 0) is 16.0 Å². The molecule has 2 amide bonds. The van der Waals surface area contributed by atoms with Gasteiger partial charge in [0.25, 0.3) is 0 Å². The van der Waals surface area contributed by atoms with Gasteiger partial charge in [0.2, 0.25) is 11.8 Å². The molecule has 1 heterocycles. The number of benzene rings is 2. The standard InChI is InChI=1S/C21H24ClN3O3/c1-25(2)19-9-6-15(13-17(19)22)23-20(26)4-3-11-28-16-7-8-18-14(12-16)5-10-21(27)24-18/h6-9,12-13H,3-5,10-11H2,1-2H3,(H,23,26)(H,24,27). The summed E-state index contributed by atoms with van der Waals surface area (Å²) in [6.07, 6.45) is 2.17. The Morgan fingerprint density at radius 1 is 1.21 bits per heavy atom. The summed E-state index contributed by atoms with van der Waals surface area (Å²) in [5, 5.41) is 6.29. The maximum absolute atomic E-state index is 12.1. The number of nitrogens with one attached hydrogen (secondary N) is 2. The summed E-state index contributed by atoms with van der Waals surface area (Å²) in [4.78, 5) is 25.4. The Labute approximate surface area is 169 Å². The Morgan fingerprint density at radius 2 is 2.04 bits per heavy atom. The van der Waals surface area contributed by atoms with Crippen molar-refractivity contribution in [2.24, 2.45) is 0 Å². The molecule has 0 aromatic heterocycles. The molecule has 0 radical (unpaired) electrons.